The van der Waals surface area contributed by atoms with Crippen LogP contribution in [0.3, 0.4) is 0 Å². The SMILES string of the molecule is CC(C)[AsH]c1cc(-n2ncc3cc(C#N)cnc32)ncc1-n1cc(C2CCC(NC(=O)O)CC2)nn1. The van der Waals surface area contributed by atoms with Crippen LogP contribution in [0.2, 0.25) is 4.71 Å². The third-order valence-electron chi connectivity index (χ3n) is 6.30. The summed E-state index contributed by atoms with van der Waals surface area (Å²) in [6.45, 7) is 4.43. The zero-order valence-electron chi connectivity index (χ0n) is 20.0. The summed E-state index contributed by atoms with van der Waals surface area (Å²) < 4.78 is 5.24. The third kappa shape index (κ3) is 4.95. The van der Waals surface area contributed by atoms with Crippen molar-refractivity contribution in [3.05, 3.63) is 48.2 Å². The molecule has 1 amide bonds. The molecule has 1 atom stereocenters. The van der Waals surface area contributed by atoms with Crippen LogP contribution in [-0.2, 0) is 0 Å². The summed E-state index contributed by atoms with van der Waals surface area (Å²) in [4.78, 5) is 20.0. The van der Waals surface area contributed by atoms with Gasteiger partial charge in [0.2, 0.25) is 0 Å². The number of carboxylic acid groups (broad SMARTS) is 1. The minimum absolute atomic E-state index is 0.00735. The number of hydrogen-bond acceptors (Lipinski definition) is 7. The number of pyridine rings is 2. The first kappa shape index (κ1) is 23.9. The van der Waals surface area contributed by atoms with E-state index >= 15 is 0 Å². The van der Waals surface area contributed by atoms with Crippen LogP contribution in [0.5, 0.6) is 0 Å². The molecule has 4 aromatic rings. The van der Waals surface area contributed by atoms with Crippen molar-refractivity contribution in [1.82, 2.24) is 40.1 Å². The number of rotatable bonds is 6. The van der Waals surface area contributed by atoms with Crippen molar-refractivity contribution in [1.29, 1.82) is 5.26 Å². The summed E-state index contributed by atoms with van der Waals surface area (Å²) in [7, 11) is 0. The summed E-state index contributed by atoms with van der Waals surface area (Å²) in [6.07, 6.45) is 9.42. The van der Waals surface area contributed by atoms with Crippen molar-refractivity contribution in [3.8, 4) is 17.6 Å². The molecule has 4 heterocycles. The maximum atomic E-state index is 10.9. The number of nitriles is 1. The Hall–Kier alpha value is -3.77. The van der Waals surface area contributed by atoms with Crippen molar-refractivity contribution in [2.45, 2.75) is 56.2 Å². The van der Waals surface area contributed by atoms with Crippen molar-refractivity contribution in [2.24, 2.45) is 0 Å². The molecule has 0 bridgehead atoms. The predicted octanol–water partition coefficient (Wildman–Crippen LogP) is 2.45. The molecule has 1 fully saturated rings. The summed E-state index contributed by atoms with van der Waals surface area (Å²) in [6, 6.07) is 5.94. The molecule has 1 unspecified atom stereocenters. The molecular weight excluding hydrogens is 521 g/mol. The first-order chi connectivity index (χ1) is 17.4. The van der Waals surface area contributed by atoms with Crippen molar-refractivity contribution in [3.63, 3.8) is 0 Å². The second-order valence-corrected chi connectivity index (χ2v) is 13.4. The number of aromatic nitrogens is 7. The van der Waals surface area contributed by atoms with Gasteiger partial charge in [0, 0.05) is 0 Å². The first-order valence-electron chi connectivity index (χ1n) is 11.8. The van der Waals surface area contributed by atoms with Gasteiger partial charge >= 0.3 is 214 Å². The Morgan fingerprint density at radius 2 is 2.00 bits per heavy atom. The Kier molecular flexibility index (Phi) is 6.70. The van der Waals surface area contributed by atoms with Gasteiger partial charge in [-0.05, 0) is 0 Å². The van der Waals surface area contributed by atoms with Crippen LogP contribution < -0.4 is 9.67 Å². The molecule has 11 nitrogen and oxygen atoms in total. The maximum absolute atomic E-state index is 10.9. The van der Waals surface area contributed by atoms with E-state index in [4.69, 9.17) is 10.4 Å². The molecule has 0 saturated heterocycles. The fourth-order valence-corrected chi connectivity index (χ4v) is 7.04. The van der Waals surface area contributed by atoms with Gasteiger partial charge in [0.1, 0.15) is 0 Å². The Balaban J connectivity index is 1.42. The number of hydrogen-bond donors (Lipinski definition) is 2. The Morgan fingerprint density at radius 1 is 1.19 bits per heavy atom. The standard InChI is InChI=1S/C24H26AsN9O2/c1-14(2)25-19-8-22(34-23-17(11-29-34)7-15(9-26)10-28-23)27-12-21(19)33-13-20(31-32-33)16-3-5-18(6-4-16)30-24(35)36/h7-8,10-14,16,18,25,30H,3-6H2,1-2H3,(H,35,36). The number of fused-ring (bicyclic) bond motifs is 1. The average Bonchev–Trinajstić information content (AvgIpc) is 3.51. The fraction of sp³-hybridized carbons (Fsp3) is 0.375. The zero-order valence-corrected chi connectivity index (χ0v) is 22.1. The van der Waals surface area contributed by atoms with Crippen LogP contribution in [-0.4, -0.2) is 67.7 Å². The van der Waals surface area contributed by atoms with Gasteiger partial charge in [-0.1, -0.05) is 0 Å². The van der Waals surface area contributed by atoms with Gasteiger partial charge in [-0.3, -0.25) is 0 Å². The normalized spacial score (nSPS) is 18.2. The van der Waals surface area contributed by atoms with E-state index in [9.17, 15) is 4.79 Å². The molecule has 2 N–H and O–H groups in total. The van der Waals surface area contributed by atoms with Crippen molar-refractivity contribution < 1.29 is 9.90 Å². The molecule has 5 rings (SSSR count). The van der Waals surface area contributed by atoms with E-state index in [1.165, 1.54) is 4.35 Å². The Labute approximate surface area is 214 Å². The van der Waals surface area contributed by atoms with Gasteiger partial charge in [-0.2, -0.15) is 0 Å². The molecule has 184 valence electrons. The summed E-state index contributed by atoms with van der Waals surface area (Å²) in [5.41, 5.74) is 2.99. The van der Waals surface area contributed by atoms with E-state index in [-0.39, 0.29) is 12.0 Å². The van der Waals surface area contributed by atoms with Crippen LogP contribution in [0.4, 0.5) is 4.79 Å². The second-order valence-electron chi connectivity index (χ2n) is 9.25. The van der Waals surface area contributed by atoms with Gasteiger partial charge in [0.25, 0.3) is 0 Å². The van der Waals surface area contributed by atoms with Crippen LogP contribution in [0, 0.1) is 11.3 Å². The zero-order chi connectivity index (χ0) is 25.2. The predicted molar refractivity (Wildman–Crippen MR) is 134 cm³/mol. The number of nitrogens with one attached hydrogen (secondary N) is 1. The monoisotopic (exact) mass is 547 g/mol. The molecule has 36 heavy (non-hydrogen) atoms. The van der Waals surface area contributed by atoms with Crippen molar-refractivity contribution in [2.75, 3.05) is 0 Å². The topological polar surface area (TPSA) is 147 Å². The Bertz CT molecular complexity index is 1450. The van der Waals surface area contributed by atoms with E-state index in [1.807, 2.05) is 17.1 Å². The molecule has 4 aromatic heterocycles. The van der Waals surface area contributed by atoms with Gasteiger partial charge in [0.05, 0.1) is 0 Å². The molecule has 0 spiro atoms. The van der Waals surface area contributed by atoms with Gasteiger partial charge in [-0.15, -0.1) is 0 Å². The van der Waals surface area contributed by atoms with Crippen molar-refractivity contribution >= 4 is 37.2 Å². The van der Waals surface area contributed by atoms with Crippen LogP contribution in [0.25, 0.3) is 22.5 Å². The Morgan fingerprint density at radius 3 is 2.72 bits per heavy atom. The fourth-order valence-electron chi connectivity index (χ4n) is 4.60. The van der Waals surface area contributed by atoms with E-state index < -0.39 is 21.8 Å². The first-order valence-corrected chi connectivity index (χ1v) is 14.1. The molecule has 0 radical (unpaired) electrons. The minimum atomic E-state index is -0.965. The summed E-state index contributed by atoms with van der Waals surface area (Å²) in [5.74, 6) is 0.942. The molecule has 1 aliphatic carbocycles. The van der Waals surface area contributed by atoms with Crippen LogP contribution in [0.1, 0.15) is 56.7 Å². The van der Waals surface area contributed by atoms with E-state index in [2.05, 4.69) is 56.7 Å². The number of amides is 1. The quantitative estimate of drug-likeness (QED) is 0.350. The van der Waals surface area contributed by atoms with E-state index in [0.717, 1.165) is 42.5 Å². The second kappa shape index (κ2) is 10.1. The van der Waals surface area contributed by atoms with Crippen LogP contribution >= 0.6 is 0 Å². The van der Waals surface area contributed by atoms with Gasteiger partial charge in [0.15, 0.2) is 0 Å². The van der Waals surface area contributed by atoms with Gasteiger partial charge in [-0.25, -0.2) is 0 Å². The molecule has 1 aliphatic rings. The average molecular weight is 547 g/mol. The molecule has 0 aromatic carbocycles. The molecule has 1 saturated carbocycles. The number of nitrogens with zero attached hydrogens (tertiary/aromatic N) is 8. The van der Waals surface area contributed by atoms with Gasteiger partial charge < -0.3 is 0 Å². The molecule has 0 aliphatic heterocycles. The van der Waals surface area contributed by atoms with Crippen LogP contribution in [0.15, 0.2) is 36.9 Å². The van der Waals surface area contributed by atoms with E-state index in [0.29, 0.717) is 21.7 Å². The third-order valence-corrected chi connectivity index (χ3v) is 9.00. The molecule has 12 heteroatoms. The summed E-state index contributed by atoms with van der Waals surface area (Å²) in [5, 5.41) is 34.8. The summed E-state index contributed by atoms with van der Waals surface area (Å²) >= 11 is -0.503. The van der Waals surface area contributed by atoms with E-state index in [1.54, 1.807) is 23.1 Å². The molecular formula is C24H26AsN9O2. The number of carbonyl (C=O) groups is 1.